The molecule has 5 nitrogen and oxygen atoms in total. The third-order valence-corrected chi connectivity index (χ3v) is 4.07. The van der Waals surface area contributed by atoms with E-state index in [1.54, 1.807) is 0 Å². The van der Waals surface area contributed by atoms with Crippen molar-refractivity contribution < 1.29 is 37.4 Å². The molecule has 1 aliphatic rings. The zero-order valence-corrected chi connectivity index (χ0v) is 12.9. The van der Waals surface area contributed by atoms with Crippen LogP contribution in [0.3, 0.4) is 0 Å². The molecule has 0 aliphatic heterocycles. The van der Waals surface area contributed by atoms with Crippen molar-refractivity contribution in [2.24, 2.45) is 0 Å². The number of hydrogen-bond acceptors (Lipinski definition) is 4. The molecule has 0 amide bonds. The average Bonchev–Trinajstić information content (AvgIpc) is 3.10. The molecule has 2 N–H and O–H groups in total. The number of aliphatic hydroxyl groups is 1. The molecule has 1 aromatic rings. The molecule has 0 radical (unpaired) electrons. The number of rotatable bonds is 6. The lowest BCUT2D eigenvalue weighted by Gasteiger charge is -2.25. The number of benzene rings is 1. The average molecular weight is 361 g/mol. The fourth-order valence-electron chi connectivity index (χ4n) is 2.76. The van der Waals surface area contributed by atoms with Gasteiger partial charge in [0.25, 0.3) is 0 Å². The van der Waals surface area contributed by atoms with Gasteiger partial charge in [-0.2, -0.15) is 0 Å². The van der Waals surface area contributed by atoms with Gasteiger partial charge in [0, 0.05) is 12.2 Å². The Kier molecular flexibility index (Phi) is 5.78. The molecule has 0 bridgehead atoms. The Bertz CT molecular complexity index is 729. The summed E-state index contributed by atoms with van der Waals surface area (Å²) in [6.45, 7) is -0.594. The highest BCUT2D eigenvalue weighted by Gasteiger charge is 2.29. The maximum absolute atomic E-state index is 13.8. The second-order valence-electron chi connectivity index (χ2n) is 5.62. The predicted molar refractivity (Wildman–Crippen MR) is 77.5 cm³/mol. The topological polar surface area (TPSA) is 77.8 Å². The van der Waals surface area contributed by atoms with Crippen LogP contribution in [-0.2, 0) is 4.79 Å². The van der Waals surface area contributed by atoms with Crippen molar-refractivity contribution in [3.63, 3.8) is 0 Å². The standard InChI is InChI=1S/C16H15F4NO4/c17-11-5-9(12(18)14(20)13(11)19)15(23)10(16(24)25)6-21(7-22)8-3-1-2-4-8/h5-6,8,22H,1-4,7H2,(H,24,25). The molecule has 1 saturated carbocycles. The number of aliphatic hydroxyl groups excluding tert-OH is 1. The van der Waals surface area contributed by atoms with E-state index in [1.165, 1.54) is 4.90 Å². The number of hydrogen-bond donors (Lipinski definition) is 2. The summed E-state index contributed by atoms with van der Waals surface area (Å²) in [5.41, 5.74) is -2.24. The van der Waals surface area contributed by atoms with E-state index in [1.807, 2.05) is 0 Å². The Balaban J connectivity index is 2.45. The van der Waals surface area contributed by atoms with E-state index in [4.69, 9.17) is 0 Å². The lowest BCUT2D eigenvalue weighted by atomic mass is 10.0. The lowest BCUT2D eigenvalue weighted by molar-refractivity contribution is -0.132. The number of nitrogens with zero attached hydrogens (tertiary/aromatic N) is 1. The molecule has 0 saturated heterocycles. The second-order valence-corrected chi connectivity index (χ2v) is 5.62. The van der Waals surface area contributed by atoms with Crippen LogP contribution in [0.2, 0.25) is 0 Å². The van der Waals surface area contributed by atoms with Crippen LogP contribution in [0.1, 0.15) is 36.0 Å². The van der Waals surface area contributed by atoms with Crippen LogP contribution in [0.25, 0.3) is 0 Å². The number of halogens is 4. The van der Waals surface area contributed by atoms with Gasteiger partial charge in [0.1, 0.15) is 12.3 Å². The smallest absolute Gasteiger partial charge is 0.341 e. The van der Waals surface area contributed by atoms with Crippen LogP contribution in [0.4, 0.5) is 17.6 Å². The van der Waals surface area contributed by atoms with Crippen LogP contribution in [0, 0.1) is 23.3 Å². The zero-order chi connectivity index (χ0) is 18.7. The first-order chi connectivity index (χ1) is 11.8. The number of carbonyl (C=O) groups is 2. The Labute approximate surface area is 140 Å². The van der Waals surface area contributed by atoms with E-state index < -0.39 is 52.9 Å². The summed E-state index contributed by atoms with van der Waals surface area (Å²) in [6.07, 6.45) is 3.85. The van der Waals surface area contributed by atoms with Gasteiger partial charge in [-0.05, 0) is 18.9 Å². The Hall–Kier alpha value is -2.42. The van der Waals surface area contributed by atoms with Gasteiger partial charge < -0.3 is 15.1 Å². The highest BCUT2D eigenvalue weighted by molar-refractivity contribution is 6.23. The maximum Gasteiger partial charge on any atom is 0.341 e. The lowest BCUT2D eigenvalue weighted by Crippen LogP contribution is -2.31. The highest BCUT2D eigenvalue weighted by Crippen LogP contribution is 2.25. The molecule has 0 unspecified atom stereocenters. The van der Waals surface area contributed by atoms with Crippen molar-refractivity contribution in [3.8, 4) is 0 Å². The van der Waals surface area contributed by atoms with Crippen molar-refractivity contribution in [2.45, 2.75) is 31.7 Å². The molecule has 0 heterocycles. The molecule has 1 fully saturated rings. The number of ketones is 1. The minimum Gasteiger partial charge on any atom is -0.477 e. The monoisotopic (exact) mass is 361 g/mol. The van der Waals surface area contributed by atoms with Crippen molar-refractivity contribution >= 4 is 11.8 Å². The molecule has 136 valence electrons. The van der Waals surface area contributed by atoms with Gasteiger partial charge in [0.2, 0.25) is 5.78 Å². The number of Topliss-reactive ketones (excluding diaryl/α,β-unsaturated/α-hetero) is 1. The summed E-state index contributed by atoms with van der Waals surface area (Å²) in [4.78, 5) is 24.8. The van der Waals surface area contributed by atoms with Crippen molar-refractivity contribution in [3.05, 3.63) is 46.7 Å². The number of aliphatic carboxylic acids is 1. The van der Waals surface area contributed by atoms with Gasteiger partial charge in [-0.15, -0.1) is 0 Å². The minimum absolute atomic E-state index is 0.103. The molecule has 2 rings (SSSR count). The number of carboxylic acid groups (broad SMARTS) is 1. The van der Waals surface area contributed by atoms with Crippen molar-refractivity contribution in [2.75, 3.05) is 6.73 Å². The largest absolute Gasteiger partial charge is 0.477 e. The highest BCUT2D eigenvalue weighted by atomic mass is 19.2. The van der Waals surface area contributed by atoms with E-state index in [0.717, 1.165) is 19.0 Å². The molecule has 25 heavy (non-hydrogen) atoms. The predicted octanol–water partition coefficient (Wildman–Crippen LogP) is 2.59. The summed E-state index contributed by atoms with van der Waals surface area (Å²) >= 11 is 0. The van der Waals surface area contributed by atoms with E-state index in [0.29, 0.717) is 12.8 Å². The number of carbonyl (C=O) groups excluding carboxylic acids is 1. The normalized spacial score (nSPS) is 15.5. The van der Waals surface area contributed by atoms with Crippen LogP contribution in [-0.4, -0.2) is 39.6 Å². The first kappa shape index (κ1) is 18.9. The third kappa shape index (κ3) is 3.81. The summed E-state index contributed by atoms with van der Waals surface area (Å²) in [5, 5.41) is 18.6. The molecule has 0 aromatic heterocycles. The van der Waals surface area contributed by atoms with Crippen molar-refractivity contribution in [1.82, 2.24) is 4.90 Å². The van der Waals surface area contributed by atoms with Crippen LogP contribution < -0.4 is 0 Å². The third-order valence-electron chi connectivity index (χ3n) is 4.07. The van der Waals surface area contributed by atoms with Gasteiger partial charge in [-0.3, -0.25) is 4.79 Å². The summed E-state index contributed by atoms with van der Waals surface area (Å²) < 4.78 is 53.3. The molecule has 9 heteroatoms. The minimum atomic E-state index is -2.21. The molecule has 0 spiro atoms. The zero-order valence-electron chi connectivity index (χ0n) is 12.9. The quantitative estimate of drug-likeness (QED) is 0.119. The van der Waals surface area contributed by atoms with Gasteiger partial charge in [0.05, 0.1) is 5.56 Å². The van der Waals surface area contributed by atoms with Crippen molar-refractivity contribution in [1.29, 1.82) is 0 Å². The van der Waals surface area contributed by atoms with E-state index >= 15 is 0 Å². The Morgan fingerprint density at radius 2 is 1.72 bits per heavy atom. The molecule has 0 atom stereocenters. The fraction of sp³-hybridized carbons (Fsp3) is 0.375. The van der Waals surface area contributed by atoms with Crippen LogP contribution in [0.15, 0.2) is 17.8 Å². The van der Waals surface area contributed by atoms with Gasteiger partial charge in [-0.1, -0.05) is 12.8 Å². The van der Waals surface area contributed by atoms with Gasteiger partial charge in [-0.25, -0.2) is 22.4 Å². The molecule has 1 aromatic carbocycles. The Morgan fingerprint density at radius 3 is 2.24 bits per heavy atom. The first-order valence-electron chi connectivity index (χ1n) is 7.47. The molecular weight excluding hydrogens is 346 g/mol. The summed E-state index contributed by atoms with van der Waals surface area (Å²) in [6, 6.07) is -0.107. The van der Waals surface area contributed by atoms with Gasteiger partial charge in [0.15, 0.2) is 23.3 Å². The fourth-order valence-corrected chi connectivity index (χ4v) is 2.76. The van der Waals surface area contributed by atoms with Gasteiger partial charge >= 0.3 is 5.97 Å². The van der Waals surface area contributed by atoms with Crippen LogP contribution in [0.5, 0.6) is 0 Å². The summed E-state index contributed by atoms with van der Waals surface area (Å²) in [7, 11) is 0. The molecule has 1 aliphatic carbocycles. The number of carboxylic acids is 1. The molecular formula is C16H15F4NO4. The first-order valence-corrected chi connectivity index (χ1v) is 7.47. The Morgan fingerprint density at radius 1 is 1.12 bits per heavy atom. The SMILES string of the molecule is O=C(O)C(=CN(CO)C1CCCC1)C(=O)c1cc(F)c(F)c(F)c1F. The summed E-state index contributed by atoms with van der Waals surface area (Å²) in [5.74, 6) is -11.4. The van der Waals surface area contributed by atoms with E-state index in [-0.39, 0.29) is 12.1 Å². The van der Waals surface area contributed by atoms with E-state index in [2.05, 4.69) is 0 Å². The second kappa shape index (κ2) is 7.64. The van der Waals surface area contributed by atoms with E-state index in [9.17, 15) is 37.4 Å². The maximum atomic E-state index is 13.8. The van der Waals surface area contributed by atoms with Crippen LogP contribution >= 0.6 is 0 Å².